The minimum Gasteiger partial charge on any atom is -0.489 e. The highest BCUT2D eigenvalue weighted by Gasteiger charge is 2.34. The fourth-order valence-corrected chi connectivity index (χ4v) is 3.61. The fourth-order valence-electron chi connectivity index (χ4n) is 3.61. The van der Waals surface area contributed by atoms with Crippen LogP contribution >= 0.6 is 0 Å². The lowest BCUT2D eigenvalue weighted by atomic mass is 9.85. The molecule has 0 radical (unpaired) electrons. The summed E-state index contributed by atoms with van der Waals surface area (Å²) in [5.74, 6) is -0.604. The van der Waals surface area contributed by atoms with Crippen molar-refractivity contribution in [1.82, 2.24) is 0 Å². The van der Waals surface area contributed by atoms with Gasteiger partial charge in [0.15, 0.2) is 0 Å². The van der Waals surface area contributed by atoms with E-state index in [-0.39, 0.29) is 0 Å². The molecule has 0 fully saturated rings. The van der Waals surface area contributed by atoms with Crippen LogP contribution in [0.5, 0.6) is 11.5 Å². The molecule has 0 aromatic heterocycles. The number of carboxylic acid groups (broad SMARTS) is 1. The lowest BCUT2D eigenvalue weighted by molar-refractivity contribution is -0.137. The maximum Gasteiger partial charge on any atom is 0.315 e. The number of rotatable bonds is 1. The van der Waals surface area contributed by atoms with E-state index in [1.54, 1.807) is 24.3 Å². The van der Waals surface area contributed by atoms with E-state index in [0.29, 0.717) is 86.9 Å². The van der Waals surface area contributed by atoms with Crippen LogP contribution in [0.15, 0.2) is 36.4 Å². The highest BCUT2D eigenvalue weighted by Crippen LogP contribution is 2.48. The summed E-state index contributed by atoms with van der Waals surface area (Å²) in [6.45, 7) is 3.38. The molecule has 0 saturated carbocycles. The van der Waals surface area contributed by atoms with Crippen molar-refractivity contribution in [3.8, 4) is 11.5 Å². The maximum atomic E-state index is 12.2. The Morgan fingerprint density at radius 2 is 1.17 bits per heavy atom. The molecule has 0 unspecified atom stereocenters. The molecule has 2 aliphatic heterocycles. The van der Waals surface area contributed by atoms with Gasteiger partial charge in [-0.2, -0.15) is 0 Å². The van der Waals surface area contributed by atoms with E-state index in [0.717, 1.165) is 0 Å². The second-order valence-electron chi connectivity index (χ2n) is 6.87. The van der Waals surface area contributed by atoms with Gasteiger partial charge in [0, 0.05) is 0 Å². The largest absolute Gasteiger partial charge is 0.489 e. The first-order chi connectivity index (χ1) is 14.8. The van der Waals surface area contributed by atoms with Crippen molar-refractivity contribution >= 4 is 17.3 Å². The zero-order valence-electron chi connectivity index (χ0n) is 16.6. The van der Waals surface area contributed by atoms with E-state index in [9.17, 15) is 9.90 Å². The molecule has 0 aliphatic carbocycles. The molecule has 0 saturated heterocycles. The lowest BCUT2D eigenvalue weighted by Gasteiger charge is -2.29. The zero-order chi connectivity index (χ0) is 20.8. The number of aliphatic carboxylic acids is 1. The SMILES string of the molecule is O=C(O)C1c2cccc3c2Nc2c(cccc21)OCCOCCOCCOCCO3. The Kier molecular flexibility index (Phi) is 6.68. The van der Waals surface area contributed by atoms with Gasteiger partial charge >= 0.3 is 5.97 Å². The van der Waals surface area contributed by atoms with E-state index in [4.69, 9.17) is 23.7 Å². The van der Waals surface area contributed by atoms with E-state index < -0.39 is 11.9 Å². The van der Waals surface area contributed by atoms with Gasteiger partial charge in [-0.1, -0.05) is 24.3 Å². The molecule has 2 N–H and O–H groups in total. The summed E-state index contributed by atoms with van der Waals surface area (Å²) in [5.41, 5.74) is 2.57. The van der Waals surface area contributed by atoms with Crippen LogP contribution in [0, 0.1) is 0 Å². The van der Waals surface area contributed by atoms with Gasteiger partial charge in [-0.25, -0.2) is 0 Å². The van der Waals surface area contributed by atoms with Crippen molar-refractivity contribution in [1.29, 1.82) is 0 Å². The Hall–Kier alpha value is -2.81. The number of anilines is 2. The second kappa shape index (κ2) is 9.80. The number of hydrogen-bond acceptors (Lipinski definition) is 7. The number of ether oxygens (including phenoxy) is 5. The molecule has 2 heterocycles. The molecule has 2 aromatic carbocycles. The summed E-state index contributed by atoms with van der Waals surface area (Å²) in [6.07, 6.45) is 0. The molecule has 30 heavy (non-hydrogen) atoms. The van der Waals surface area contributed by atoms with E-state index in [1.807, 2.05) is 12.1 Å². The monoisotopic (exact) mass is 415 g/mol. The predicted molar refractivity (Wildman–Crippen MR) is 109 cm³/mol. The summed E-state index contributed by atoms with van der Waals surface area (Å²) >= 11 is 0. The van der Waals surface area contributed by atoms with E-state index in [2.05, 4.69) is 5.32 Å². The van der Waals surface area contributed by atoms with E-state index >= 15 is 0 Å². The number of hydrogen-bond donors (Lipinski definition) is 2. The standard InChI is InChI=1S/C22H25NO7/c24-22(25)19-15-3-1-5-17-20(15)23-21-16(19)4-2-6-18(21)30-14-12-28-10-8-26-7-9-27-11-13-29-17/h1-6,19,23H,7-14H2,(H,24,25). The van der Waals surface area contributed by atoms with Gasteiger partial charge < -0.3 is 34.1 Å². The van der Waals surface area contributed by atoms with Gasteiger partial charge in [-0.15, -0.1) is 0 Å². The Morgan fingerprint density at radius 3 is 1.60 bits per heavy atom. The van der Waals surface area contributed by atoms with E-state index in [1.165, 1.54) is 0 Å². The molecular formula is C22H25NO7. The highest BCUT2D eigenvalue weighted by molar-refractivity contribution is 5.92. The van der Waals surface area contributed by atoms with Crippen LogP contribution in [0.2, 0.25) is 0 Å². The van der Waals surface area contributed by atoms with Crippen LogP contribution in [-0.2, 0) is 19.0 Å². The molecule has 0 spiro atoms. The molecule has 2 aromatic rings. The molecule has 8 nitrogen and oxygen atoms in total. The van der Waals surface area contributed by atoms with Crippen LogP contribution in [0.25, 0.3) is 0 Å². The summed E-state index contributed by atoms with van der Waals surface area (Å²) in [5, 5.41) is 13.3. The van der Waals surface area contributed by atoms with Gasteiger partial charge in [0.2, 0.25) is 0 Å². The Bertz CT molecular complexity index is 822. The van der Waals surface area contributed by atoms with Crippen LogP contribution in [0.1, 0.15) is 17.0 Å². The van der Waals surface area contributed by atoms with Crippen molar-refractivity contribution in [2.45, 2.75) is 5.92 Å². The summed E-state index contributed by atoms with van der Waals surface area (Å²) < 4.78 is 28.3. The number of benzene rings is 2. The van der Waals surface area contributed by atoms with Gasteiger partial charge in [-0.3, -0.25) is 4.79 Å². The normalized spacial score (nSPS) is 18.1. The second-order valence-corrected chi connectivity index (χ2v) is 6.87. The van der Waals surface area contributed by atoms with Crippen molar-refractivity contribution < 1.29 is 33.6 Å². The molecule has 2 aliphatic rings. The Balaban J connectivity index is 1.67. The van der Waals surface area contributed by atoms with Gasteiger partial charge in [-0.05, 0) is 23.3 Å². The van der Waals surface area contributed by atoms with Crippen molar-refractivity contribution in [3.63, 3.8) is 0 Å². The van der Waals surface area contributed by atoms with Crippen molar-refractivity contribution in [2.75, 3.05) is 58.2 Å². The van der Waals surface area contributed by atoms with Crippen LogP contribution in [-0.4, -0.2) is 63.9 Å². The molecule has 160 valence electrons. The number of para-hydroxylation sites is 2. The van der Waals surface area contributed by atoms with Gasteiger partial charge in [0.05, 0.1) is 51.0 Å². The molecule has 2 bridgehead atoms. The van der Waals surface area contributed by atoms with Crippen LogP contribution in [0.3, 0.4) is 0 Å². The Morgan fingerprint density at radius 1 is 0.733 bits per heavy atom. The molecular weight excluding hydrogens is 390 g/mol. The average molecular weight is 415 g/mol. The minimum atomic E-state index is -0.929. The lowest BCUT2D eigenvalue weighted by Crippen LogP contribution is -2.22. The first-order valence-electron chi connectivity index (χ1n) is 10.00. The minimum absolute atomic E-state index is 0.337. The summed E-state index contributed by atoms with van der Waals surface area (Å²) in [7, 11) is 0. The van der Waals surface area contributed by atoms with Gasteiger partial charge in [0.1, 0.15) is 30.6 Å². The molecule has 8 heteroatoms. The maximum absolute atomic E-state index is 12.2. The third kappa shape index (κ3) is 4.51. The van der Waals surface area contributed by atoms with Crippen molar-refractivity contribution in [3.05, 3.63) is 47.5 Å². The predicted octanol–water partition coefficient (Wildman–Crippen LogP) is 2.78. The quantitative estimate of drug-likeness (QED) is 0.734. The fraction of sp³-hybridized carbons (Fsp3) is 0.409. The number of carboxylic acids is 1. The van der Waals surface area contributed by atoms with Crippen molar-refractivity contribution in [2.24, 2.45) is 0 Å². The molecule has 0 atom stereocenters. The average Bonchev–Trinajstić information content (AvgIpc) is 2.74. The first kappa shape index (κ1) is 20.5. The third-order valence-corrected chi connectivity index (χ3v) is 4.95. The number of carbonyl (C=O) groups is 1. The highest BCUT2D eigenvalue weighted by atomic mass is 16.6. The molecule has 4 rings (SSSR count). The smallest absolute Gasteiger partial charge is 0.315 e. The van der Waals surface area contributed by atoms with Gasteiger partial charge in [0.25, 0.3) is 0 Å². The molecule has 0 amide bonds. The number of nitrogens with one attached hydrogen (secondary N) is 1. The zero-order valence-corrected chi connectivity index (χ0v) is 16.6. The van der Waals surface area contributed by atoms with Crippen LogP contribution in [0.4, 0.5) is 11.4 Å². The third-order valence-electron chi connectivity index (χ3n) is 4.95. The first-order valence-corrected chi connectivity index (χ1v) is 10.00. The topological polar surface area (TPSA) is 95.5 Å². The summed E-state index contributed by atoms with van der Waals surface area (Å²) in [4.78, 5) is 12.2. The Labute approximate surface area is 174 Å². The van der Waals surface area contributed by atoms with Crippen LogP contribution < -0.4 is 14.8 Å². The summed E-state index contributed by atoms with van der Waals surface area (Å²) in [6, 6.07) is 10.8.